The fraction of sp³-hybridized carbons (Fsp3) is 0.250. The second-order valence-electron chi connectivity index (χ2n) is 2.37. The summed E-state index contributed by atoms with van der Waals surface area (Å²) in [6.07, 6.45) is 0. The van der Waals surface area contributed by atoms with E-state index in [-0.39, 0.29) is 0 Å². The molecule has 0 N–H and O–H groups in total. The van der Waals surface area contributed by atoms with E-state index in [4.69, 9.17) is 0 Å². The fourth-order valence-electron chi connectivity index (χ4n) is 0.771. The van der Waals surface area contributed by atoms with Gasteiger partial charge in [-0.3, -0.25) is 0 Å². The van der Waals surface area contributed by atoms with Crippen molar-refractivity contribution in [2.45, 2.75) is 9.88 Å². The Morgan fingerprint density at radius 3 is 1.89 bits per heavy atom. The van der Waals surface area contributed by atoms with Crippen molar-refractivity contribution in [3.8, 4) is 0 Å². The van der Waals surface area contributed by atoms with Gasteiger partial charge in [-0.1, -0.05) is 0 Å². The van der Waals surface area contributed by atoms with Crippen molar-refractivity contribution >= 4 is 23.3 Å². The molecule has 0 fully saturated rings. The van der Waals surface area contributed by atoms with Gasteiger partial charge in [-0.15, -0.1) is 0 Å². The van der Waals surface area contributed by atoms with Crippen molar-refractivity contribution in [1.29, 1.82) is 0 Å². The summed E-state index contributed by atoms with van der Waals surface area (Å²) in [6, 6.07) is 10.8. The second-order valence-corrected chi connectivity index (χ2v) is 9.72. The standard InChI is InChI=1S/C6H5.2CH3.Sn/c1-2-4-6-5-3-1;;;/h1-5H;2*1H3;/q;;;+1. The molecule has 0 aliphatic carbocycles. The molecule has 1 aromatic carbocycles. The quantitative estimate of drug-likeness (QED) is 0.638. The third kappa shape index (κ3) is 2.01. The summed E-state index contributed by atoms with van der Waals surface area (Å²) in [5.41, 5.74) is 0. The zero-order chi connectivity index (χ0) is 6.69. The molecule has 0 aliphatic heterocycles. The van der Waals surface area contributed by atoms with Gasteiger partial charge in [0.25, 0.3) is 0 Å². The van der Waals surface area contributed by atoms with E-state index in [1.807, 2.05) is 0 Å². The molecular formula is C8H11Sn+. The number of hydrogen-bond acceptors (Lipinski definition) is 0. The summed E-state index contributed by atoms with van der Waals surface area (Å²) in [4.78, 5) is 4.80. The van der Waals surface area contributed by atoms with E-state index in [0.717, 1.165) is 0 Å². The monoisotopic (exact) mass is 227 g/mol. The summed E-state index contributed by atoms with van der Waals surface area (Å²) >= 11 is -1.02. The van der Waals surface area contributed by atoms with Crippen LogP contribution in [0.3, 0.4) is 0 Å². The van der Waals surface area contributed by atoms with Gasteiger partial charge in [-0.25, -0.2) is 0 Å². The van der Waals surface area contributed by atoms with Crippen LogP contribution in [0.1, 0.15) is 0 Å². The molecule has 0 spiro atoms. The molecular weight excluding hydrogens is 215 g/mol. The molecule has 46 valence electrons. The van der Waals surface area contributed by atoms with Crippen LogP contribution in [0.25, 0.3) is 0 Å². The van der Waals surface area contributed by atoms with Crippen molar-refractivity contribution in [2.24, 2.45) is 0 Å². The minimum absolute atomic E-state index is 1.02. The van der Waals surface area contributed by atoms with Gasteiger partial charge in [-0.05, 0) is 0 Å². The van der Waals surface area contributed by atoms with Gasteiger partial charge in [0.15, 0.2) is 0 Å². The Bertz CT molecular complexity index is 167. The Hall–Kier alpha value is 0.0187. The summed E-state index contributed by atoms with van der Waals surface area (Å²) in [5, 5.41) is 0. The minimum atomic E-state index is -1.02. The van der Waals surface area contributed by atoms with Crippen LogP contribution in [0.2, 0.25) is 9.88 Å². The maximum absolute atomic E-state index is 2.40. The molecule has 0 saturated heterocycles. The third-order valence-corrected chi connectivity index (χ3v) is 5.60. The van der Waals surface area contributed by atoms with Crippen molar-refractivity contribution in [3.63, 3.8) is 0 Å². The van der Waals surface area contributed by atoms with Gasteiger partial charge >= 0.3 is 63.6 Å². The van der Waals surface area contributed by atoms with Crippen LogP contribution in [-0.2, 0) is 0 Å². The molecule has 9 heavy (non-hydrogen) atoms. The molecule has 0 amide bonds. The van der Waals surface area contributed by atoms with E-state index in [2.05, 4.69) is 40.2 Å². The zero-order valence-electron chi connectivity index (χ0n) is 5.89. The van der Waals surface area contributed by atoms with Gasteiger partial charge in [0.2, 0.25) is 0 Å². The first kappa shape index (κ1) is 7.13. The van der Waals surface area contributed by atoms with Crippen LogP contribution >= 0.6 is 0 Å². The second kappa shape index (κ2) is 3.25. The first-order valence-electron chi connectivity index (χ1n) is 3.16. The van der Waals surface area contributed by atoms with Crippen LogP contribution in [0.15, 0.2) is 30.3 Å². The summed E-state index contributed by atoms with van der Waals surface area (Å²) in [7, 11) is 0. The number of rotatable bonds is 1. The molecule has 0 aromatic heterocycles. The Labute approximate surface area is 63.6 Å². The van der Waals surface area contributed by atoms with Gasteiger partial charge in [0, 0.05) is 0 Å². The van der Waals surface area contributed by atoms with Gasteiger partial charge in [-0.2, -0.15) is 0 Å². The average molecular weight is 226 g/mol. The number of hydrogen-bond donors (Lipinski definition) is 0. The molecule has 0 radical (unpaired) electrons. The molecule has 0 bridgehead atoms. The van der Waals surface area contributed by atoms with Crippen LogP contribution in [-0.4, -0.2) is 19.8 Å². The number of benzene rings is 1. The van der Waals surface area contributed by atoms with Gasteiger partial charge in [0.1, 0.15) is 0 Å². The van der Waals surface area contributed by atoms with Crippen LogP contribution in [0, 0.1) is 0 Å². The van der Waals surface area contributed by atoms with E-state index in [1.54, 1.807) is 3.58 Å². The molecule has 1 rings (SSSR count). The Morgan fingerprint density at radius 1 is 1.00 bits per heavy atom. The third-order valence-electron chi connectivity index (χ3n) is 1.35. The SMILES string of the molecule is [CH3][Sn+]([CH3])[c]1ccccc1. The van der Waals surface area contributed by atoms with Crippen molar-refractivity contribution in [2.75, 3.05) is 0 Å². The molecule has 0 atom stereocenters. The maximum atomic E-state index is 2.40. The fourth-order valence-corrected chi connectivity index (χ4v) is 3.22. The van der Waals surface area contributed by atoms with E-state index < -0.39 is 19.8 Å². The molecule has 0 aliphatic rings. The molecule has 1 heteroatoms. The van der Waals surface area contributed by atoms with Crippen LogP contribution < -0.4 is 3.58 Å². The van der Waals surface area contributed by atoms with Gasteiger partial charge < -0.3 is 0 Å². The predicted molar refractivity (Wildman–Crippen MR) is 43.6 cm³/mol. The molecule has 0 unspecified atom stereocenters. The first-order chi connectivity index (χ1) is 4.30. The molecule has 0 saturated carbocycles. The first-order valence-corrected chi connectivity index (χ1v) is 10.3. The molecule has 1 aromatic rings. The zero-order valence-corrected chi connectivity index (χ0v) is 8.74. The van der Waals surface area contributed by atoms with Crippen molar-refractivity contribution in [1.82, 2.24) is 0 Å². The summed E-state index contributed by atoms with van der Waals surface area (Å²) < 4.78 is 1.61. The predicted octanol–water partition coefficient (Wildman–Crippen LogP) is 1.65. The summed E-state index contributed by atoms with van der Waals surface area (Å²) in [5.74, 6) is 0. The molecule has 0 nitrogen and oxygen atoms in total. The van der Waals surface area contributed by atoms with E-state index in [9.17, 15) is 0 Å². The van der Waals surface area contributed by atoms with E-state index in [0.29, 0.717) is 0 Å². The van der Waals surface area contributed by atoms with Crippen molar-refractivity contribution < 1.29 is 0 Å². The topological polar surface area (TPSA) is 0 Å². The van der Waals surface area contributed by atoms with E-state index in [1.165, 1.54) is 0 Å². The van der Waals surface area contributed by atoms with Crippen LogP contribution in [0.5, 0.6) is 0 Å². The Morgan fingerprint density at radius 2 is 1.56 bits per heavy atom. The normalized spacial score (nSPS) is 9.11. The van der Waals surface area contributed by atoms with Crippen molar-refractivity contribution in [3.05, 3.63) is 30.3 Å². The van der Waals surface area contributed by atoms with E-state index >= 15 is 0 Å². The van der Waals surface area contributed by atoms with Crippen LogP contribution in [0.4, 0.5) is 0 Å². The van der Waals surface area contributed by atoms with Gasteiger partial charge in [0.05, 0.1) is 0 Å². The Balaban J connectivity index is 2.85. The Kier molecular flexibility index (Phi) is 2.58. The summed E-state index contributed by atoms with van der Waals surface area (Å²) in [6.45, 7) is 0. The molecule has 0 heterocycles. The average Bonchev–Trinajstić information content (AvgIpc) is 1.90.